The predicted octanol–water partition coefficient (Wildman–Crippen LogP) is 2.61. The lowest BCUT2D eigenvalue weighted by molar-refractivity contribution is -0.121. The standard InChI is InChI=1S/C14H17N3O2S2/c1-8-10(13(19)17-14(20)16-8)5-6-12(18)15-9(2)11-4-3-7-21-11/h3-4,7,9H,5-6H2,1-2H3,(H,15,18)(H2,16,17,19,20)/t9-/m0/s1. The molecule has 0 aliphatic heterocycles. The Morgan fingerprint density at radius 3 is 2.86 bits per heavy atom. The maximum Gasteiger partial charge on any atom is 0.255 e. The van der Waals surface area contributed by atoms with Crippen molar-refractivity contribution in [3.05, 3.63) is 48.8 Å². The van der Waals surface area contributed by atoms with E-state index in [0.717, 1.165) is 4.88 Å². The van der Waals surface area contributed by atoms with Crippen LogP contribution in [0.25, 0.3) is 0 Å². The van der Waals surface area contributed by atoms with Gasteiger partial charge in [0.2, 0.25) is 5.91 Å². The monoisotopic (exact) mass is 323 g/mol. The molecule has 2 aromatic rings. The van der Waals surface area contributed by atoms with E-state index in [2.05, 4.69) is 15.3 Å². The normalized spacial score (nSPS) is 12.1. The predicted molar refractivity (Wildman–Crippen MR) is 86.2 cm³/mol. The lowest BCUT2D eigenvalue weighted by Crippen LogP contribution is -2.27. The molecule has 2 aromatic heterocycles. The third kappa shape index (κ3) is 4.12. The zero-order valence-electron chi connectivity index (χ0n) is 11.9. The molecule has 0 unspecified atom stereocenters. The summed E-state index contributed by atoms with van der Waals surface area (Å²) in [5.41, 5.74) is 1.06. The van der Waals surface area contributed by atoms with Crippen molar-refractivity contribution in [2.45, 2.75) is 32.7 Å². The molecule has 0 bridgehead atoms. The number of thiophene rings is 1. The molecule has 0 fully saturated rings. The molecule has 21 heavy (non-hydrogen) atoms. The van der Waals surface area contributed by atoms with Crippen LogP contribution in [0, 0.1) is 11.7 Å². The molecule has 0 saturated carbocycles. The van der Waals surface area contributed by atoms with Crippen LogP contribution >= 0.6 is 23.6 Å². The summed E-state index contributed by atoms with van der Waals surface area (Å²) < 4.78 is 0.303. The van der Waals surface area contributed by atoms with Crippen molar-refractivity contribution < 1.29 is 4.79 Å². The van der Waals surface area contributed by atoms with E-state index in [1.54, 1.807) is 18.3 Å². The van der Waals surface area contributed by atoms with E-state index in [4.69, 9.17) is 12.2 Å². The molecule has 0 radical (unpaired) electrons. The Hall–Kier alpha value is -1.73. The molecule has 0 spiro atoms. The van der Waals surface area contributed by atoms with Gasteiger partial charge in [0.1, 0.15) is 0 Å². The number of hydrogen-bond donors (Lipinski definition) is 3. The van der Waals surface area contributed by atoms with E-state index >= 15 is 0 Å². The van der Waals surface area contributed by atoms with E-state index in [0.29, 0.717) is 22.4 Å². The summed E-state index contributed by atoms with van der Waals surface area (Å²) in [6.45, 7) is 3.73. The lowest BCUT2D eigenvalue weighted by atomic mass is 10.1. The smallest absolute Gasteiger partial charge is 0.255 e. The van der Waals surface area contributed by atoms with Crippen molar-refractivity contribution in [2.75, 3.05) is 0 Å². The van der Waals surface area contributed by atoms with Crippen LogP contribution in [0.15, 0.2) is 22.3 Å². The Labute approximate surface area is 131 Å². The van der Waals surface area contributed by atoms with Crippen LogP contribution in [0.2, 0.25) is 0 Å². The Kier molecular flexibility index (Phi) is 5.08. The van der Waals surface area contributed by atoms with E-state index in [1.165, 1.54) is 0 Å². The second-order valence-corrected chi connectivity index (χ2v) is 6.20. The summed E-state index contributed by atoms with van der Waals surface area (Å²) in [5, 5.41) is 4.91. The molecule has 5 nitrogen and oxygen atoms in total. The van der Waals surface area contributed by atoms with Crippen LogP contribution in [0.5, 0.6) is 0 Å². The number of aromatic amines is 2. The summed E-state index contributed by atoms with van der Waals surface area (Å²) >= 11 is 6.50. The number of aromatic nitrogens is 2. The third-order valence-electron chi connectivity index (χ3n) is 3.20. The van der Waals surface area contributed by atoms with Crippen LogP contribution in [0.3, 0.4) is 0 Å². The van der Waals surface area contributed by atoms with Crippen molar-refractivity contribution in [3.8, 4) is 0 Å². The molecule has 2 rings (SSSR count). The molecule has 1 amide bonds. The second-order valence-electron chi connectivity index (χ2n) is 4.82. The van der Waals surface area contributed by atoms with Crippen molar-refractivity contribution in [2.24, 2.45) is 0 Å². The minimum atomic E-state index is -0.227. The van der Waals surface area contributed by atoms with Crippen molar-refractivity contribution in [1.82, 2.24) is 15.3 Å². The molecule has 1 atom stereocenters. The van der Waals surface area contributed by atoms with Crippen LogP contribution < -0.4 is 10.9 Å². The summed E-state index contributed by atoms with van der Waals surface area (Å²) in [6.07, 6.45) is 0.653. The van der Waals surface area contributed by atoms with Crippen LogP contribution in [-0.4, -0.2) is 15.9 Å². The molecular weight excluding hydrogens is 306 g/mol. The first-order valence-electron chi connectivity index (χ1n) is 6.62. The molecule has 3 N–H and O–H groups in total. The van der Waals surface area contributed by atoms with Crippen molar-refractivity contribution in [1.29, 1.82) is 0 Å². The number of nitrogens with one attached hydrogen (secondary N) is 3. The highest BCUT2D eigenvalue weighted by Crippen LogP contribution is 2.18. The van der Waals surface area contributed by atoms with Crippen molar-refractivity contribution >= 4 is 29.5 Å². The lowest BCUT2D eigenvalue weighted by Gasteiger charge is -2.12. The van der Waals surface area contributed by atoms with Gasteiger partial charge >= 0.3 is 0 Å². The van der Waals surface area contributed by atoms with Crippen molar-refractivity contribution in [3.63, 3.8) is 0 Å². The van der Waals surface area contributed by atoms with Gasteiger partial charge in [0.05, 0.1) is 6.04 Å². The number of aryl methyl sites for hydroxylation is 1. The van der Waals surface area contributed by atoms with Gasteiger partial charge in [-0.25, -0.2) is 0 Å². The van der Waals surface area contributed by atoms with Crippen LogP contribution in [0.4, 0.5) is 0 Å². The minimum Gasteiger partial charge on any atom is -0.349 e. The van der Waals surface area contributed by atoms with Gasteiger partial charge in [-0.3, -0.25) is 14.6 Å². The second kappa shape index (κ2) is 6.82. The number of carbonyl (C=O) groups excluding carboxylic acids is 1. The SMILES string of the molecule is Cc1[nH]c(=S)[nH]c(=O)c1CCC(=O)N[C@@H](C)c1cccs1. The quantitative estimate of drug-likeness (QED) is 0.740. The zero-order valence-corrected chi connectivity index (χ0v) is 13.5. The largest absolute Gasteiger partial charge is 0.349 e. The Bertz CT molecular complexity index is 731. The first kappa shape index (κ1) is 15.7. The Morgan fingerprint density at radius 1 is 1.48 bits per heavy atom. The highest BCUT2D eigenvalue weighted by atomic mass is 32.1. The number of carbonyl (C=O) groups is 1. The molecule has 0 aliphatic carbocycles. The summed E-state index contributed by atoms with van der Waals surface area (Å²) in [6, 6.07) is 3.93. The van der Waals surface area contributed by atoms with Gasteiger partial charge in [-0.2, -0.15) is 0 Å². The molecule has 7 heteroatoms. The maximum absolute atomic E-state index is 12.0. The minimum absolute atomic E-state index is 0.0153. The van der Waals surface area contributed by atoms with Gasteiger partial charge in [-0.05, 0) is 43.9 Å². The topological polar surface area (TPSA) is 77.8 Å². The van der Waals surface area contributed by atoms with Gasteiger partial charge in [-0.15, -0.1) is 11.3 Å². The van der Waals surface area contributed by atoms with Gasteiger partial charge in [0.15, 0.2) is 4.77 Å². The average molecular weight is 323 g/mol. The van der Waals surface area contributed by atoms with E-state index < -0.39 is 0 Å². The number of amides is 1. The molecule has 0 aliphatic rings. The molecule has 0 saturated heterocycles. The summed E-state index contributed by atoms with van der Waals surface area (Å²) in [4.78, 5) is 30.3. The first-order chi connectivity index (χ1) is 9.97. The van der Waals surface area contributed by atoms with Gasteiger partial charge in [-0.1, -0.05) is 6.07 Å². The fraction of sp³-hybridized carbons (Fsp3) is 0.357. The van der Waals surface area contributed by atoms with E-state index in [-0.39, 0.29) is 23.9 Å². The van der Waals surface area contributed by atoms with Crippen LogP contribution in [0.1, 0.15) is 35.5 Å². The van der Waals surface area contributed by atoms with Crippen LogP contribution in [-0.2, 0) is 11.2 Å². The van der Waals surface area contributed by atoms with E-state index in [1.807, 2.05) is 24.4 Å². The van der Waals surface area contributed by atoms with Gasteiger partial charge in [0.25, 0.3) is 5.56 Å². The molecule has 2 heterocycles. The Balaban J connectivity index is 1.96. The van der Waals surface area contributed by atoms with E-state index in [9.17, 15) is 9.59 Å². The highest BCUT2D eigenvalue weighted by molar-refractivity contribution is 7.71. The third-order valence-corrected chi connectivity index (χ3v) is 4.46. The van der Waals surface area contributed by atoms with Gasteiger partial charge < -0.3 is 10.3 Å². The number of hydrogen-bond acceptors (Lipinski definition) is 4. The molecular formula is C14H17N3O2S2. The maximum atomic E-state index is 12.0. The fourth-order valence-electron chi connectivity index (χ4n) is 2.09. The zero-order chi connectivity index (χ0) is 15.4. The fourth-order valence-corrected chi connectivity index (χ4v) is 3.07. The average Bonchev–Trinajstić information content (AvgIpc) is 2.91. The first-order valence-corrected chi connectivity index (χ1v) is 7.91. The van der Waals surface area contributed by atoms with Gasteiger partial charge in [0, 0.05) is 22.6 Å². The summed E-state index contributed by atoms with van der Waals surface area (Å²) in [7, 11) is 0. The Morgan fingerprint density at radius 2 is 2.24 bits per heavy atom. The number of rotatable bonds is 5. The summed E-state index contributed by atoms with van der Waals surface area (Å²) in [5.74, 6) is -0.0721. The molecule has 0 aromatic carbocycles. The molecule has 112 valence electrons. The number of H-pyrrole nitrogens is 2. The highest BCUT2D eigenvalue weighted by Gasteiger charge is 2.12.